The van der Waals surface area contributed by atoms with Crippen LogP contribution in [0.3, 0.4) is 0 Å². The van der Waals surface area contributed by atoms with Crippen LogP contribution in [0.2, 0.25) is 0 Å². The molecule has 0 aromatic heterocycles. The number of hydrogen-bond donors (Lipinski definition) is 0. The second-order valence-electron chi connectivity index (χ2n) is 4.99. The molecule has 2 aromatic carbocycles. The Bertz CT molecular complexity index is 536. The molecular weight excluding hydrogens is 236 g/mol. The first-order valence-corrected chi connectivity index (χ1v) is 6.54. The van der Waals surface area contributed by atoms with E-state index in [2.05, 4.69) is 48.5 Å². The van der Waals surface area contributed by atoms with Crippen LogP contribution in [-0.2, 0) is 22.3 Å². The average Bonchev–Trinajstić information content (AvgIpc) is 2.62. The number of benzene rings is 2. The first kappa shape index (κ1) is 12.4. The van der Waals surface area contributed by atoms with Crippen LogP contribution in [0.4, 0.5) is 0 Å². The van der Waals surface area contributed by atoms with Crippen molar-refractivity contribution in [1.29, 1.82) is 0 Å². The fraction of sp³-hybridized carbons (Fsp3) is 0.294. The summed E-state index contributed by atoms with van der Waals surface area (Å²) in [5.74, 6) is -0.567. The zero-order valence-corrected chi connectivity index (χ0v) is 11.3. The highest BCUT2D eigenvalue weighted by atomic mass is 16.7. The molecule has 0 N–H and O–H groups in total. The largest absolute Gasteiger partial charge is 0.353 e. The third-order valence-electron chi connectivity index (χ3n) is 3.99. The van der Waals surface area contributed by atoms with Gasteiger partial charge in [-0.05, 0) is 22.3 Å². The van der Waals surface area contributed by atoms with Gasteiger partial charge in [0.15, 0.2) is 5.79 Å². The first-order chi connectivity index (χ1) is 9.28. The Labute approximate surface area is 114 Å². The van der Waals surface area contributed by atoms with Gasteiger partial charge >= 0.3 is 0 Å². The van der Waals surface area contributed by atoms with Crippen LogP contribution in [0.5, 0.6) is 0 Å². The van der Waals surface area contributed by atoms with Crippen LogP contribution >= 0.6 is 0 Å². The topological polar surface area (TPSA) is 18.5 Å². The minimum absolute atomic E-state index is 0.567. The van der Waals surface area contributed by atoms with Gasteiger partial charge in [-0.25, -0.2) is 0 Å². The number of ether oxygens (including phenoxy) is 2. The van der Waals surface area contributed by atoms with E-state index in [1.165, 1.54) is 22.3 Å². The normalized spacial score (nSPS) is 16.3. The van der Waals surface area contributed by atoms with Gasteiger partial charge in [0.2, 0.25) is 0 Å². The highest BCUT2D eigenvalue weighted by molar-refractivity contribution is 5.72. The van der Waals surface area contributed by atoms with Crippen LogP contribution in [0, 0.1) is 0 Å². The Morgan fingerprint density at radius 1 is 0.737 bits per heavy atom. The minimum atomic E-state index is -0.567. The lowest BCUT2D eigenvalue weighted by Gasteiger charge is -2.30. The molecule has 0 aliphatic heterocycles. The molecule has 0 saturated carbocycles. The second kappa shape index (κ2) is 4.80. The Kier molecular flexibility index (Phi) is 3.13. The summed E-state index contributed by atoms with van der Waals surface area (Å²) in [5, 5.41) is 0. The molecular formula is C17H18O2. The monoisotopic (exact) mass is 254 g/mol. The highest BCUT2D eigenvalue weighted by Crippen LogP contribution is 2.37. The fourth-order valence-corrected chi connectivity index (χ4v) is 2.89. The standard InChI is InChI=1S/C17H18O2/c1-18-17(19-2)11-13-7-3-5-9-15(13)16-10-6-4-8-14(16)12-17/h3-10H,11-12H2,1-2H3. The molecule has 0 fully saturated rings. The van der Waals surface area contributed by atoms with Gasteiger partial charge in [-0.3, -0.25) is 0 Å². The lowest BCUT2D eigenvalue weighted by atomic mass is 9.97. The number of fused-ring (bicyclic) bond motifs is 3. The Morgan fingerprint density at radius 3 is 1.58 bits per heavy atom. The van der Waals surface area contributed by atoms with Crippen LogP contribution in [0.1, 0.15) is 11.1 Å². The minimum Gasteiger partial charge on any atom is -0.353 e. The molecule has 2 aromatic rings. The Balaban J connectivity index is 2.23. The predicted octanol–water partition coefficient (Wildman–Crippen LogP) is 3.44. The molecule has 98 valence electrons. The van der Waals surface area contributed by atoms with E-state index in [1.54, 1.807) is 14.2 Å². The maximum atomic E-state index is 5.70. The van der Waals surface area contributed by atoms with Crippen molar-refractivity contribution < 1.29 is 9.47 Å². The van der Waals surface area contributed by atoms with E-state index in [9.17, 15) is 0 Å². The molecule has 0 bridgehead atoms. The summed E-state index contributed by atoms with van der Waals surface area (Å²) >= 11 is 0. The summed E-state index contributed by atoms with van der Waals surface area (Å²) in [7, 11) is 3.44. The lowest BCUT2D eigenvalue weighted by Crippen LogP contribution is -2.38. The summed E-state index contributed by atoms with van der Waals surface area (Å²) in [5.41, 5.74) is 5.12. The summed E-state index contributed by atoms with van der Waals surface area (Å²) in [4.78, 5) is 0. The van der Waals surface area contributed by atoms with E-state index < -0.39 is 5.79 Å². The molecule has 0 atom stereocenters. The SMILES string of the molecule is COC1(OC)Cc2ccccc2-c2ccccc2C1. The quantitative estimate of drug-likeness (QED) is 0.764. The molecule has 0 saturated heterocycles. The number of hydrogen-bond acceptors (Lipinski definition) is 2. The van der Waals surface area contributed by atoms with Crippen molar-refractivity contribution in [1.82, 2.24) is 0 Å². The van der Waals surface area contributed by atoms with Gasteiger partial charge in [0, 0.05) is 27.1 Å². The molecule has 2 nitrogen and oxygen atoms in total. The molecule has 0 amide bonds. The average molecular weight is 254 g/mol. The molecule has 0 radical (unpaired) electrons. The molecule has 3 rings (SSSR count). The van der Waals surface area contributed by atoms with Crippen molar-refractivity contribution in [3.05, 3.63) is 59.7 Å². The molecule has 1 aliphatic rings. The highest BCUT2D eigenvalue weighted by Gasteiger charge is 2.34. The van der Waals surface area contributed by atoms with Gasteiger partial charge in [0.1, 0.15) is 0 Å². The van der Waals surface area contributed by atoms with E-state index >= 15 is 0 Å². The van der Waals surface area contributed by atoms with E-state index in [0.29, 0.717) is 0 Å². The summed E-state index contributed by atoms with van der Waals surface area (Å²) in [6, 6.07) is 17.0. The number of methoxy groups -OCH3 is 2. The maximum absolute atomic E-state index is 5.70. The second-order valence-corrected chi connectivity index (χ2v) is 4.99. The van der Waals surface area contributed by atoms with Gasteiger partial charge in [-0.15, -0.1) is 0 Å². The third-order valence-corrected chi connectivity index (χ3v) is 3.99. The summed E-state index contributed by atoms with van der Waals surface area (Å²) < 4.78 is 11.4. The third kappa shape index (κ3) is 2.07. The van der Waals surface area contributed by atoms with Crippen LogP contribution < -0.4 is 0 Å². The molecule has 0 spiro atoms. The van der Waals surface area contributed by atoms with E-state index in [4.69, 9.17) is 9.47 Å². The van der Waals surface area contributed by atoms with Gasteiger partial charge in [-0.1, -0.05) is 48.5 Å². The van der Waals surface area contributed by atoms with Crippen molar-refractivity contribution >= 4 is 0 Å². The zero-order valence-electron chi connectivity index (χ0n) is 11.3. The van der Waals surface area contributed by atoms with Gasteiger partial charge < -0.3 is 9.47 Å². The van der Waals surface area contributed by atoms with Crippen LogP contribution in [0.25, 0.3) is 11.1 Å². The Hall–Kier alpha value is -1.64. The van der Waals surface area contributed by atoms with Crippen molar-refractivity contribution in [3.8, 4) is 11.1 Å². The molecule has 0 unspecified atom stereocenters. The van der Waals surface area contributed by atoms with Crippen LogP contribution in [0.15, 0.2) is 48.5 Å². The first-order valence-electron chi connectivity index (χ1n) is 6.54. The fourth-order valence-electron chi connectivity index (χ4n) is 2.89. The lowest BCUT2D eigenvalue weighted by molar-refractivity contribution is -0.204. The van der Waals surface area contributed by atoms with Gasteiger partial charge in [-0.2, -0.15) is 0 Å². The number of rotatable bonds is 2. The van der Waals surface area contributed by atoms with Crippen molar-refractivity contribution in [2.45, 2.75) is 18.6 Å². The molecule has 0 heterocycles. The van der Waals surface area contributed by atoms with E-state index in [0.717, 1.165) is 12.8 Å². The van der Waals surface area contributed by atoms with E-state index in [-0.39, 0.29) is 0 Å². The van der Waals surface area contributed by atoms with Crippen molar-refractivity contribution in [2.24, 2.45) is 0 Å². The van der Waals surface area contributed by atoms with Crippen molar-refractivity contribution in [2.75, 3.05) is 14.2 Å². The summed E-state index contributed by atoms with van der Waals surface area (Å²) in [6.45, 7) is 0. The zero-order chi connectivity index (χ0) is 13.3. The predicted molar refractivity (Wildman–Crippen MR) is 76.0 cm³/mol. The molecule has 1 aliphatic carbocycles. The molecule has 2 heteroatoms. The van der Waals surface area contributed by atoms with Gasteiger partial charge in [0.05, 0.1) is 0 Å². The smallest absolute Gasteiger partial charge is 0.175 e. The van der Waals surface area contributed by atoms with Crippen molar-refractivity contribution in [3.63, 3.8) is 0 Å². The van der Waals surface area contributed by atoms with E-state index in [1.807, 2.05) is 0 Å². The van der Waals surface area contributed by atoms with Gasteiger partial charge in [0.25, 0.3) is 0 Å². The maximum Gasteiger partial charge on any atom is 0.175 e. The Morgan fingerprint density at radius 2 is 1.16 bits per heavy atom. The van der Waals surface area contributed by atoms with Crippen LogP contribution in [-0.4, -0.2) is 20.0 Å². The molecule has 19 heavy (non-hydrogen) atoms. The summed E-state index contributed by atoms with van der Waals surface area (Å²) in [6.07, 6.45) is 1.54.